The molecule has 0 heterocycles. The zero-order valence-electron chi connectivity index (χ0n) is 11.7. The van der Waals surface area contributed by atoms with Crippen LogP contribution in [0.1, 0.15) is 20.7 Å². The Morgan fingerprint density at radius 3 is 2.33 bits per heavy atom. The lowest BCUT2D eigenvalue weighted by atomic mass is 10.1. The highest BCUT2D eigenvalue weighted by Gasteiger charge is 2.21. The van der Waals surface area contributed by atoms with E-state index in [4.69, 9.17) is 0 Å². The second-order valence-electron chi connectivity index (χ2n) is 4.36. The van der Waals surface area contributed by atoms with Gasteiger partial charge in [-0.05, 0) is 24.3 Å². The molecule has 108 valence electrons. The molecule has 4 nitrogen and oxygen atoms in total. The van der Waals surface area contributed by atoms with Crippen molar-refractivity contribution >= 4 is 17.6 Å². The molecule has 0 aliphatic heterocycles. The topological polar surface area (TPSA) is 46.6 Å². The predicted octanol–water partition coefficient (Wildman–Crippen LogP) is 2.89. The standard InChI is InChI=1S/C16H14FNO3/c1-18(15(19)11-7-4-3-5-8-11)13-10-6-9-12(14(13)17)16(20)21-2/h3-10H,1-2H3. The molecule has 0 aromatic heterocycles. The first-order valence-electron chi connectivity index (χ1n) is 6.26. The van der Waals surface area contributed by atoms with Crippen LogP contribution in [0.4, 0.5) is 10.1 Å². The molecule has 2 aromatic rings. The molecule has 1 amide bonds. The van der Waals surface area contributed by atoms with Crippen LogP contribution in [0.3, 0.4) is 0 Å². The van der Waals surface area contributed by atoms with Gasteiger partial charge in [0.25, 0.3) is 5.91 Å². The molecule has 21 heavy (non-hydrogen) atoms. The lowest BCUT2D eigenvalue weighted by Crippen LogP contribution is -2.27. The Morgan fingerprint density at radius 2 is 1.71 bits per heavy atom. The van der Waals surface area contributed by atoms with E-state index < -0.39 is 11.8 Å². The fourth-order valence-corrected chi connectivity index (χ4v) is 1.93. The van der Waals surface area contributed by atoms with Gasteiger partial charge in [0.15, 0.2) is 5.82 Å². The summed E-state index contributed by atoms with van der Waals surface area (Å²) in [5.74, 6) is -1.93. The number of esters is 1. The minimum Gasteiger partial charge on any atom is -0.465 e. The zero-order valence-corrected chi connectivity index (χ0v) is 11.7. The molecule has 0 fully saturated rings. The van der Waals surface area contributed by atoms with Crippen molar-refractivity contribution in [1.29, 1.82) is 0 Å². The van der Waals surface area contributed by atoms with E-state index in [2.05, 4.69) is 4.74 Å². The summed E-state index contributed by atoms with van der Waals surface area (Å²) in [6.07, 6.45) is 0. The molecule has 2 rings (SSSR count). The molecule has 0 N–H and O–H groups in total. The molecule has 0 unspecified atom stereocenters. The van der Waals surface area contributed by atoms with Crippen LogP contribution in [0.5, 0.6) is 0 Å². The molecule has 0 spiro atoms. The Labute approximate surface area is 121 Å². The van der Waals surface area contributed by atoms with Gasteiger partial charge in [0.2, 0.25) is 0 Å². The molecule has 0 bridgehead atoms. The summed E-state index contributed by atoms with van der Waals surface area (Å²) in [4.78, 5) is 24.9. The highest BCUT2D eigenvalue weighted by atomic mass is 19.1. The molecule has 2 aromatic carbocycles. The van der Waals surface area contributed by atoms with E-state index in [1.165, 1.54) is 32.4 Å². The van der Waals surface area contributed by atoms with Crippen molar-refractivity contribution in [2.75, 3.05) is 19.1 Å². The molecule has 0 saturated heterocycles. The summed E-state index contributed by atoms with van der Waals surface area (Å²) in [6, 6.07) is 12.8. The maximum Gasteiger partial charge on any atom is 0.340 e. The third-order valence-electron chi connectivity index (χ3n) is 3.07. The Bertz CT molecular complexity index is 670. The smallest absolute Gasteiger partial charge is 0.340 e. The van der Waals surface area contributed by atoms with Gasteiger partial charge in [-0.25, -0.2) is 9.18 Å². The lowest BCUT2D eigenvalue weighted by molar-refractivity contribution is 0.0595. The van der Waals surface area contributed by atoms with E-state index in [1.807, 2.05) is 0 Å². The summed E-state index contributed by atoms with van der Waals surface area (Å²) >= 11 is 0. The third-order valence-corrected chi connectivity index (χ3v) is 3.07. The monoisotopic (exact) mass is 287 g/mol. The average Bonchev–Trinajstić information content (AvgIpc) is 2.54. The quantitative estimate of drug-likeness (QED) is 0.815. The highest BCUT2D eigenvalue weighted by molar-refractivity contribution is 6.06. The van der Waals surface area contributed by atoms with Gasteiger partial charge in [-0.3, -0.25) is 4.79 Å². The van der Waals surface area contributed by atoms with E-state index in [-0.39, 0.29) is 17.2 Å². The first-order chi connectivity index (χ1) is 10.1. The Hall–Kier alpha value is -2.69. The number of ether oxygens (including phenoxy) is 1. The van der Waals surface area contributed by atoms with E-state index in [0.29, 0.717) is 5.56 Å². The Balaban J connectivity index is 2.38. The van der Waals surface area contributed by atoms with Crippen LogP contribution >= 0.6 is 0 Å². The summed E-state index contributed by atoms with van der Waals surface area (Å²) < 4.78 is 18.9. The van der Waals surface area contributed by atoms with Crippen molar-refractivity contribution in [1.82, 2.24) is 0 Å². The summed E-state index contributed by atoms with van der Waals surface area (Å²) in [5.41, 5.74) is 0.248. The number of halogens is 1. The number of methoxy groups -OCH3 is 1. The Morgan fingerprint density at radius 1 is 1.05 bits per heavy atom. The van der Waals surface area contributed by atoms with Crippen LogP contribution in [0.2, 0.25) is 0 Å². The molecule has 0 aliphatic rings. The van der Waals surface area contributed by atoms with Gasteiger partial charge in [0, 0.05) is 12.6 Å². The van der Waals surface area contributed by atoms with Crippen molar-refractivity contribution in [3.63, 3.8) is 0 Å². The minimum atomic E-state index is -0.782. The fourth-order valence-electron chi connectivity index (χ4n) is 1.93. The fraction of sp³-hybridized carbons (Fsp3) is 0.125. The molecular weight excluding hydrogens is 273 g/mol. The molecule has 5 heteroatoms. The number of hydrogen-bond acceptors (Lipinski definition) is 3. The maximum atomic E-state index is 14.3. The van der Waals surface area contributed by atoms with E-state index >= 15 is 0 Å². The van der Waals surface area contributed by atoms with Crippen molar-refractivity contribution in [2.45, 2.75) is 0 Å². The van der Waals surface area contributed by atoms with Crippen LogP contribution < -0.4 is 4.90 Å². The number of benzene rings is 2. The van der Waals surface area contributed by atoms with Crippen LogP contribution in [0.25, 0.3) is 0 Å². The van der Waals surface area contributed by atoms with Gasteiger partial charge in [-0.15, -0.1) is 0 Å². The van der Waals surface area contributed by atoms with Crippen molar-refractivity contribution in [2.24, 2.45) is 0 Å². The van der Waals surface area contributed by atoms with Gasteiger partial charge in [0.1, 0.15) is 0 Å². The van der Waals surface area contributed by atoms with Crippen LogP contribution in [-0.2, 0) is 4.74 Å². The van der Waals surface area contributed by atoms with Crippen LogP contribution in [0, 0.1) is 5.82 Å². The van der Waals surface area contributed by atoms with Crippen molar-refractivity contribution in [3.8, 4) is 0 Å². The van der Waals surface area contributed by atoms with Gasteiger partial charge < -0.3 is 9.64 Å². The van der Waals surface area contributed by atoms with Crippen LogP contribution in [0.15, 0.2) is 48.5 Å². The zero-order chi connectivity index (χ0) is 15.4. The summed E-state index contributed by atoms with van der Waals surface area (Å²) in [7, 11) is 2.63. The number of carbonyl (C=O) groups is 2. The number of amides is 1. The molecule has 0 radical (unpaired) electrons. The van der Waals surface area contributed by atoms with Gasteiger partial charge in [-0.1, -0.05) is 24.3 Å². The lowest BCUT2D eigenvalue weighted by Gasteiger charge is -2.19. The third kappa shape index (κ3) is 2.91. The van der Waals surface area contributed by atoms with Crippen LogP contribution in [-0.4, -0.2) is 26.0 Å². The average molecular weight is 287 g/mol. The first-order valence-corrected chi connectivity index (χ1v) is 6.26. The van der Waals surface area contributed by atoms with Gasteiger partial charge in [-0.2, -0.15) is 0 Å². The largest absolute Gasteiger partial charge is 0.465 e. The number of nitrogens with zero attached hydrogens (tertiary/aromatic N) is 1. The number of carbonyl (C=O) groups excluding carboxylic acids is 2. The molecule has 0 atom stereocenters. The Kier molecular flexibility index (Phi) is 4.33. The first kappa shape index (κ1) is 14.7. The minimum absolute atomic E-state index is 0.0201. The normalized spacial score (nSPS) is 10.0. The second kappa shape index (κ2) is 6.17. The van der Waals surface area contributed by atoms with E-state index in [9.17, 15) is 14.0 Å². The number of rotatable bonds is 3. The summed E-state index contributed by atoms with van der Waals surface area (Å²) in [5, 5.41) is 0. The molecule has 0 aliphatic carbocycles. The van der Waals surface area contributed by atoms with E-state index in [0.717, 1.165) is 4.90 Å². The number of anilines is 1. The number of hydrogen-bond donors (Lipinski definition) is 0. The highest BCUT2D eigenvalue weighted by Crippen LogP contribution is 2.23. The van der Waals surface area contributed by atoms with Crippen molar-refractivity contribution in [3.05, 3.63) is 65.5 Å². The molecular formula is C16H14FNO3. The van der Waals surface area contributed by atoms with Crippen molar-refractivity contribution < 1.29 is 18.7 Å². The van der Waals surface area contributed by atoms with Gasteiger partial charge >= 0.3 is 5.97 Å². The maximum absolute atomic E-state index is 14.3. The van der Waals surface area contributed by atoms with Gasteiger partial charge in [0.05, 0.1) is 18.4 Å². The summed E-state index contributed by atoms with van der Waals surface area (Å²) in [6.45, 7) is 0. The second-order valence-corrected chi connectivity index (χ2v) is 4.36. The van der Waals surface area contributed by atoms with E-state index in [1.54, 1.807) is 30.3 Å². The predicted molar refractivity (Wildman–Crippen MR) is 76.9 cm³/mol. The SMILES string of the molecule is COC(=O)c1cccc(N(C)C(=O)c2ccccc2)c1F. The molecule has 0 saturated carbocycles.